The average molecular weight is 265 g/mol. The summed E-state index contributed by atoms with van der Waals surface area (Å²) in [5, 5.41) is 16.6. The van der Waals surface area contributed by atoms with E-state index in [0.29, 0.717) is 0 Å². The van der Waals surface area contributed by atoms with E-state index < -0.39 is 0 Å². The summed E-state index contributed by atoms with van der Waals surface area (Å²) < 4.78 is 1.88. The summed E-state index contributed by atoms with van der Waals surface area (Å²) in [6.45, 7) is 2.93. The molecule has 0 aliphatic carbocycles. The molecule has 0 radical (unpaired) electrons. The Morgan fingerprint density at radius 3 is 3.00 bits per heavy atom. The summed E-state index contributed by atoms with van der Waals surface area (Å²) in [6, 6.07) is 12.3. The summed E-state index contributed by atoms with van der Waals surface area (Å²) in [7, 11) is 0. The predicted molar refractivity (Wildman–Crippen MR) is 76.9 cm³/mol. The molecule has 0 saturated carbocycles. The van der Waals surface area contributed by atoms with Crippen LogP contribution in [0.3, 0.4) is 0 Å². The number of anilines is 1. The van der Waals surface area contributed by atoms with Gasteiger partial charge in [-0.3, -0.25) is 0 Å². The Kier molecular flexibility index (Phi) is 2.45. The quantitative estimate of drug-likeness (QED) is 0.734. The van der Waals surface area contributed by atoms with Crippen molar-refractivity contribution in [2.24, 2.45) is 0 Å². The molecule has 5 nitrogen and oxygen atoms in total. The number of hydrogen-bond donors (Lipinski definition) is 1. The second kappa shape index (κ2) is 4.30. The first kappa shape index (κ1) is 11.4. The minimum Gasteiger partial charge on any atom is -0.385 e. The standard InChI is InChI=1S/C15H15N5/c1-10-6-7-14-17-18-15(20(14)19-10)12-8-9-16-13-5-3-2-4-11(12)13/h2-7,12,16H,8-9H2,1H3. The first-order valence-electron chi connectivity index (χ1n) is 6.85. The van der Waals surface area contributed by atoms with Gasteiger partial charge in [-0.25, -0.2) is 0 Å². The fourth-order valence-electron chi connectivity index (χ4n) is 2.85. The number of fused-ring (bicyclic) bond motifs is 2. The summed E-state index contributed by atoms with van der Waals surface area (Å²) in [5.74, 6) is 1.18. The number of aryl methyl sites for hydroxylation is 1. The minimum atomic E-state index is 0.247. The zero-order valence-corrected chi connectivity index (χ0v) is 11.2. The van der Waals surface area contributed by atoms with E-state index >= 15 is 0 Å². The second-order valence-corrected chi connectivity index (χ2v) is 5.16. The topological polar surface area (TPSA) is 55.1 Å². The van der Waals surface area contributed by atoms with Crippen molar-refractivity contribution in [3.05, 3.63) is 53.5 Å². The molecule has 1 aliphatic heterocycles. The Balaban J connectivity index is 1.90. The molecular weight excluding hydrogens is 250 g/mol. The fraction of sp³-hybridized carbons (Fsp3) is 0.267. The van der Waals surface area contributed by atoms with Crippen LogP contribution in [0.25, 0.3) is 5.65 Å². The second-order valence-electron chi connectivity index (χ2n) is 5.16. The molecular formula is C15H15N5. The van der Waals surface area contributed by atoms with Crippen LogP contribution in [0.2, 0.25) is 0 Å². The summed E-state index contributed by atoms with van der Waals surface area (Å²) in [6.07, 6.45) is 1.01. The smallest absolute Gasteiger partial charge is 0.177 e. The molecule has 0 spiro atoms. The van der Waals surface area contributed by atoms with Gasteiger partial charge in [-0.1, -0.05) is 18.2 Å². The third-order valence-electron chi connectivity index (χ3n) is 3.82. The summed E-state index contributed by atoms with van der Waals surface area (Å²) in [5.41, 5.74) is 4.24. The lowest BCUT2D eigenvalue weighted by atomic mass is 9.90. The van der Waals surface area contributed by atoms with Crippen LogP contribution in [0.4, 0.5) is 5.69 Å². The highest BCUT2D eigenvalue weighted by Crippen LogP contribution is 2.35. The number of nitrogens with zero attached hydrogens (tertiary/aromatic N) is 4. The maximum absolute atomic E-state index is 4.55. The highest BCUT2D eigenvalue weighted by Gasteiger charge is 2.26. The predicted octanol–water partition coefficient (Wildman–Crippen LogP) is 2.38. The molecule has 1 aromatic carbocycles. The molecule has 20 heavy (non-hydrogen) atoms. The zero-order valence-electron chi connectivity index (χ0n) is 11.2. The molecule has 100 valence electrons. The van der Waals surface area contributed by atoms with Crippen LogP contribution < -0.4 is 5.32 Å². The van der Waals surface area contributed by atoms with Crippen molar-refractivity contribution in [2.75, 3.05) is 11.9 Å². The van der Waals surface area contributed by atoms with E-state index in [1.54, 1.807) is 0 Å². The fourth-order valence-corrected chi connectivity index (χ4v) is 2.85. The van der Waals surface area contributed by atoms with Crippen molar-refractivity contribution in [3.63, 3.8) is 0 Å². The Morgan fingerprint density at radius 2 is 2.05 bits per heavy atom. The van der Waals surface area contributed by atoms with E-state index in [1.807, 2.05) is 23.6 Å². The molecule has 0 saturated heterocycles. The maximum Gasteiger partial charge on any atom is 0.177 e. The molecule has 1 atom stereocenters. The Morgan fingerprint density at radius 1 is 1.15 bits per heavy atom. The number of rotatable bonds is 1. The van der Waals surface area contributed by atoms with Crippen molar-refractivity contribution in [3.8, 4) is 0 Å². The first-order valence-corrected chi connectivity index (χ1v) is 6.85. The molecule has 3 aromatic rings. The largest absolute Gasteiger partial charge is 0.385 e. The first-order chi connectivity index (χ1) is 9.83. The summed E-state index contributed by atoms with van der Waals surface area (Å²) >= 11 is 0. The van der Waals surface area contributed by atoms with Crippen molar-refractivity contribution < 1.29 is 0 Å². The van der Waals surface area contributed by atoms with Gasteiger partial charge in [-0.15, -0.1) is 10.2 Å². The van der Waals surface area contributed by atoms with Crippen LogP contribution in [0.1, 0.15) is 29.4 Å². The lowest BCUT2D eigenvalue weighted by Gasteiger charge is -2.25. The Bertz CT molecular complexity index is 777. The lowest BCUT2D eigenvalue weighted by Crippen LogP contribution is -2.19. The van der Waals surface area contributed by atoms with Gasteiger partial charge in [0.25, 0.3) is 0 Å². The van der Waals surface area contributed by atoms with Gasteiger partial charge in [0.15, 0.2) is 11.5 Å². The van der Waals surface area contributed by atoms with Crippen LogP contribution in [-0.4, -0.2) is 26.4 Å². The zero-order chi connectivity index (χ0) is 13.5. The molecule has 0 fully saturated rings. The van der Waals surface area contributed by atoms with Crippen molar-refractivity contribution in [1.29, 1.82) is 0 Å². The van der Waals surface area contributed by atoms with E-state index in [-0.39, 0.29) is 5.92 Å². The molecule has 1 N–H and O–H groups in total. The number of benzene rings is 1. The lowest BCUT2D eigenvalue weighted by molar-refractivity contribution is 0.646. The molecule has 0 bridgehead atoms. The van der Waals surface area contributed by atoms with Crippen molar-refractivity contribution in [2.45, 2.75) is 19.3 Å². The molecule has 1 aliphatic rings. The van der Waals surface area contributed by atoms with Crippen LogP contribution in [0.5, 0.6) is 0 Å². The molecule has 5 heteroatoms. The Hall–Kier alpha value is -2.43. The number of nitrogens with one attached hydrogen (secondary N) is 1. The normalized spacial score (nSPS) is 17.8. The van der Waals surface area contributed by atoms with E-state index in [0.717, 1.165) is 30.1 Å². The minimum absolute atomic E-state index is 0.247. The summed E-state index contributed by atoms with van der Waals surface area (Å²) in [4.78, 5) is 0. The Labute approximate surface area is 116 Å². The van der Waals surface area contributed by atoms with Gasteiger partial charge in [-0.2, -0.15) is 9.61 Å². The van der Waals surface area contributed by atoms with Crippen LogP contribution >= 0.6 is 0 Å². The molecule has 4 rings (SSSR count). The van der Waals surface area contributed by atoms with Crippen molar-refractivity contribution >= 4 is 11.3 Å². The van der Waals surface area contributed by atoms with Gasteiger partial charge in [0.2, 0.25) is 0 Å². The van der Waals surface area contributed by atoms with E-state index in [4.69, 9.17) is 0 Å². The third-order valence-corrected chi connectivity index (χ3v) is 3.82. The van der Waals surface area contributed by atoms with Crippen LogP contribution in [0.15, 0.2) is 36.4 Å². The van der Waals surface area contributed by atoms with Crippen LogP contribution in [-0.2, 0) is 0 Å². The van der Waals surface area contributed by atoms with Gasteiger partial charge < -0.3 is 5.32 Å². The van der Waals surface area contributed by atoms with E-state index in [1.165, 1.54) is 11.3 Å². The maximum atomic E-state index is 4.55. The molecule has 1 unspecified atom stereocenters. The highest BCUT2D eigenvalue weighted by atomic mass is 15.4. The third kappa shape index (κ3) is 1.66. The molecule has 3 heterocycles. The van der Waals surface area contributed by atoms with Gasteiger partial charge >= 0.3 is 0 Å². The van der Waals surface area contributed by atoms with Crippen LogP contribution in [0, 0.1) is 6.92 Å². The van der Waals surface area contributed by atoms with Gasteiger partial charge in [0.1, 0.15) is 0 Å². The van der Waals surface area contributed by atoms with Gasteiger partial charge in [-0.05, 0) is 37.1 Å². The monoisotopic (exact) mass is 265 g/mol. The molecule has 0 amide bonds. The SMILES string of the molecule is Cc1ccc2nnc(C3CCNc4ccccc43)n2n1. The number of aromatic nitrogens is 4. The van der Waals surface area contributed by atoms with Gasteiger partial charge in [0.05, 0.1) is 5.69 Å². The van der Waals surface area contributed by atoms with E-state index in [9.17, 15) is 0 Å². The average Bonchev–Trinajstić information content (AvgIpc) is 2.89. The number of hydrogen-bond acceptors (Lipinski definition) is 4. The van der Waals surface area contributed by atoms with Crippen molar-refractivity contribution in [1.82, 2.24) is 19.8 Å². The number of para-hydroxylation sites is 1. The molecule has 2 aromatic heterocycles. The van der Waals surface area contributed by atoms with Gasteiger partial charge in [0, 0.05) is 18.2 Å². The van der Waals surface area contributed by atoms with E-state index in [2.05, 4.69) is 44.9 Å². The highest BCUT2D eigenvalue weighted by molar-refractivity contribution is 5.56.